The number of hydrogen-bond donors (Lipinski definition) is 1. The maximum Gasteiger partial charge on any atom is 0.179 e. The van der Waals surface area contributed by atoms with Crippen LogP contribution in [0.25, 0.3) is 0 Å². The highest BCUT2D eigenvalue weighted by molar-refractivity contribution is 6.32. The molecule has 0 bridgehead atoms. The predicted molar refractivity (Wildman–Crippen MR) is 62.0 cm³/mol. The molecule has 3 nitrogen and oxygen atoms in total. The van der Waals surface area contributed by atoms with E-state index in [0.29, 0.717) is 23.9 Å². The third-order valence-electron chi connectivity index (χ3n) is 3.32. The van der Waals surface area contributed by atoms with Crippen LogP contribution in [0.5, 0.6) is 11.5 Å². The summed E-state index contributed by atoms with van der Waals surface area (Å²) in [5, 5.41) is 0.593. The molecule has 1 aromatic carbocycles. The minimum Gasteiger partial charge on any atom is -0.489 e. The van der Waals surface area contributed by atoms with Gasteiger partial charge in [0.25, 0.3) is 0 Å². The summed E-state index contributed by atoms with van der Waals surface area (Å²) >= 11 is 6.15. The molecule has 1 spiro atoms. The first kappa shape index (κ1) is 10.2. The summed E-state index contributed by atoms with van der Waals surface area (Å²) in [7, 11) is 0. The molecule has 0 unspecified atom stereocenters. The van der Waals surface area contributed by atoms with Gasteiger partial charge in [0.2, 0.25) is 0 Å². The smallest absolute Gasteiger partial charge is 0.179 e. The Morgan fingerprint density at radius 1 is 1.25 bits per heavy atom. The number of hydrogen-bond acceptors (Lipinski definition) is 3. The normalized spacial score (nSPS) is 20.6. The summed E-state index contributed by atoms with van der Waals surface area (Å²) in [6, 6.07) is 3.76. The van der Waals surface area contributed by atoms with Crippen molar-refractivity contribution in [3.63, 3.8) is 0 Å². The Kier molecular flexibility index (Phi) is 2.26. The second-order valence-corrected chi connectivity index (χ2v) is 5.09. The molecule has 1 aromatic rings. The van der Waals surface area contributed by atoms with Gasteiger partial charge in [-0.3, -0.25) is 0 Å². The molecule has 0 radical (unpaired) electrons. The summed E-state index contributed by atoms with van der Waals surface area (Å²) in [5.41, 5.74) is 6.81. The predicted octanol–water partition coefficient (Wildman–Crippen LogP) is 2.35. The van der Waals surface area contributed by atoms with Crippen molar-refractivity contribution in [2.24, 2.45) is 11.1 Å². The third-order valence-corrected chi connectivity index (χ3v) is 3.60. The topological polar surface area (TPSA) is 44.5 Å². The van der Waals surface area contributed by atoms with Gasteiger partial charge in [0, 0.05) is 12.0 Å². The molecule has 1 saturated carbocycles. The first-order chi connectivity index (χ1) is 7.72. The molecule has 1 fully saturated rings. The summed E-state index contributed by atoms with van der Waals surface area (Å²) in [4.78, 5) is 0. The standard InChI is InChI=1S/C12H14ClNO2/c13-9-3-8(5-14)4-10-11(9)16-7-12(1-2-12)6-15-10/h3-4H,1-2,5-7,14H2. The van der Waals surface area contributed by atoms with Gasteiger partial charge in [0.1, 0.15) is 0 Å². The van der Waals surface area contributed by atoms with Gasteiger partial charge in [0.15, 0.2) is 11.5 Å². The van der Waals surface area contributed by atoms with E-state index in [1.165, 1.54) is 12.8 Å². The zero-order valence-corrected chi connectivity index (χ0v) is 9.72. The Morgan fingerprint density at radius 3 is 2.69 bits per heavy atom. The minimum absolute atomic E-state index is 0.241. The van der Waals surface area contributed by atoms with Gasteiger partial charge in [-0.2, -0.15) is 0 Å². The highest BCUT2D eigenvalue weighted by Gasteiger charge is 2.46. The molecule has 0 atom stereocenters. The van der Waals surface area contributed by atoms with Crippen LogP contribution < -0.4 is 15.2 Å². The SMILES string of the molecule is NCc1cc(Cl)c2c(c1)OCC1(CC1)CO2. The van der Waals surface area contributed by atoms with Gasteiger partial charge < -0.3 is 15.2 Å². The average Bonchev–Trinajstić information content (AvgIpc) is 3.07. The van der Waals surface area contributed by atoms with Crippen molar-refractivity contribution < 1.29 is 9.47 Å². The van der Waals surface area contributed by atoms with E-state index in [9.17, 15) is 0 Å². The van der Waals surface area contributed by atoms with E-state index in [4.69, 9.17) is 26.8 Å². The van der Waals surface area contributed by atoms with Crippen molar-refractivity contribution in [1.82, 2.24) is 0 Å². The molecule has 0 aromatic heterocycles. The van der Waals surface area contributed by atoms with Crippen molar-refractivity contribution in [2.45, 2.75) is 19.4 Å². The van der Waals surface area contributed by atoms with E-state index in [-0.39, 0.29) is 5.41 Å². The highest BCUT2D eigenvalue weighted by atomic mass is 35.5. The monoisotopic (exact) mass is 239 g/mol. The summed E-state index contributed by atoms with van der Waals surface area (Å²) in [6.07, 6.45) is 2.37. The molecule has 86 valence electrons. The molecule has 2 aliphatic rings. The third kappa shape index (κ3) is 1.64. The summed E-state index contributed by atoms with van der Waals surface area (Å²) < 4.78 is 11.5. The van der Waals surface area contributed by atoms with Crippen LogP contribution in [0.3, 0.4) is 0 Å². The van der Waals surface area contributed by atoms with Crippen molar-refractivity contribution in [1.29, 1.82) is 0 Å². The van der Waals surface area contributed by atoms with Crippen molar-refractivity contribution in [3.8, 4) is 11.5 Å². The van der Waals surface area contributed by atoms with Crippen LogP contribution >= 0.6 is 11.6 Å². The van der Waals surface area contributed by atoms with Crippen LogP contribution in [0.4, 0.5) is 0 Å². The Labute approximate surface area is 99.5 Å². The van der Waals surface area contributed by atoms with Crippen LogP contribution in [0.2, 0.25) is 5.02 Å². The van der Waals surface area contributed by atoms with Gasteiger partial charge in [-0.15, -0.1) is 0 Å². The van der Waals surface area contributed by atoms with Gasteiger partial charge in [0.05, 0.1) is 18.2 Å². The molecule has 1 aliphatic heterocycles. The fourth-order valence-corrected chi connectivity index (χ4v) is 2.24. The van der Waals surface area contributed by atoms with Crippen molar-refractivity contribution in [2.75, 3.05) is 13.2 Å². The first-order valence-corrected chi connectivity index (χ1v) is 5.88. The van der Waals surface area contributed by atoms with E-state index in [0.717, 1.165) is 17.9 Å². The lowest BCUT2D eigenvalue weighted by Crippen LogP contribution is -2.17. The van der Waals surface area contributed by atoms with Gasteiger partial charge in [-0.1, -0.05) is 11.6 Å². The zero-order chi connectivity index (χ0) is 11.2. The Hall–Kier alpha value is -0.930. The number of nitrogens with two attached hydrogens (primary N) is 1. The first-order valence-electron chi connectivity index (χ1n) is 5.51. The Morgan fingerprint density at radius 2 is 2.00 bits per heavy atom. The number of fused-ring (bicyclic) bond motifs is 1. The average molecular weight is 240 g/mol. The largest absolute Gasteiger partial charge is 0.489 e. The fraction of sp³-hybridized carbons (Fsp3) is 0.500. The molecule has 2 N–H and O–H groups in total. The molecular weight excluding hydrogens is 226 g/mol. The highest BCUT2D eigenvalue weighted by Crippen LogP contribution is 2.50. The summed E-state index contributed by atoms with van der Waals surface area (Å²) in [6.45, 7) is 1.90. The second kappa shape index (κ2) is 3.54. The molecule has 16 heavy (non-hydrogen) atoms. The van der Waals surface area contributed by atoms with Crippen LogP contribution in [-0.4, -0.2) is 13.2 Å². The second-order valence-electron chi connectivity index (χ2n) is 4.69. The molecule has 3 rings (SSSR count). The number of benzene rings is 1. The molecular formula is C12H14ClNO2. The van der Waals surface area contributed by atoms with Gasteiger partial charge in [-0.25, -0.2) is 0 Å². The Balaban J connectivity index is 1.97. The lowest BCUT2D eigenvalue weighted by Gasteiger charge is -2.10. The fourth-order valence-electron chi connectivity index (χ4n) is 1.95. The molecule has 4 heteroatoms. The van der Waals surface area contributed by atoms with E-state index < -0.39 is 0 Å². The van der Waals surface area contributed by atoms with Crippen molar-refractivity contribution in [3.05, 3.63) is 22.7 Å². The van der Waals surface area contributed by atoms with Gasteiger partial charge in [-0.05, 0) is 30.5 Å². The van der Waals surface area contributed by atoms with Crippen LogP contribution in [0.1, 0.15) is 18.4 Å². The van der Waals surface area contributed by atoms with Gasteiger partial charge >= 0.3 is 0 Å². The maximum absolute atomic E-state index is 6.15. The zero-order valence-electron chi connectivity index (χ0n) is 8.96. The van der Waals surface area contributed by atoms with Crippen molar-refractivity contribution >= 4 is 11.6 Å². The lowest BCUT2D eigenvalue weighted by molar-refractivity contribution is 0.197. The van der Waals surface area contributed by atoms with E-state index in [1.807, 2.05) is 12.1 Å². The Bertz CT molecular complexity index is 429. The lowest BCUT2D eigenvalue weighted by atomic mass is 10.1. The van der Waals surface area contributed by atoms with E-state index in [2.05, 4.69) is 0 Å². The number of ether oxygens (including phenoxy) is 2. The van der Waals surface area contributed by atoms with E-state index in [1.54, 1.807) is 0 Å². The molecule has 0 saturated heterocycles. The number of rotatable bonds is 1. The van der Waals surface area contributed by atoms with E-state index >= 15 is 0 Å². The quantitative estimate of drug-likeness (QED) is 0.818. The van der Waals surface area contributed by atoms with Crippen LogP contribution in [0.15, 0.2) is 12.1 Å². The summed E-state index contributed by atoms with van der Waals surface area (Å²) in [5.74, 6) is 1.40. The molecule has 1 heterocycles. The minimum atomic E-state index is 0.241. The maximum atomic E-state index is 6.15. The molecule has 1 aliphatic carbocycles. The molecule has 0 amide bonds. The number of halogens is 1. The van der Waals surface area contributed by atoms with Crippen LogP contribution in [-0.2, 0) is 6.54 Å². The van der Waals surface area contributed by atoms with Crippen LogP contribution in [0, 0.1) is 5.41 Å².